The van der Waals surface area contributed by atoms with Crippen LogP contribution >= 0.6 is 0 Å². The van der Waals surface area contributed by atoms with Crippen LogP contribution in [0.3, 0.4) is 0 Å². The van der Waals surface area contributed by atoms with Gasteiger partial charge in [-0.3, -0.25) is 24.3 Å². The number of rotatable bonds is 14. The van der Waals surface area contributed by atoms with Gasteiger partial charge in [-0.1, -0.05) is 12.2 Å². The number of aromatic amines is 1. The van der Waals surface area contributed by atoms with Crippen molar-refractivity contribution in [3.63, 3.8) is 0 Å². The van der Waals surface area contributed by atoms with Gasteiger partial charge in [0.25, 0.3) is 17.4 Å². The van der Waals surface area contributed by atoms with Gasteiger partial charge in [0.05, 0.1) is 63.6 Å². The van der Waals surface area contributed by atoms with E-state index in [2.05, 4.69) is 20.1 Å². The SMILES string of the molecule is CCOOOC1=NN(CCS(=O)(=O)[O-])C(=O)C1CC=Cc1c(C(=O)OCC)[nH]n(CCS(=O)(=O)[O-])c1=O.[Na+].[Na+]. The molecule has 17 nitrogen and oxygen atoms in total. The molecule has 0 fully saturated rings. The minimum Gasteiger partial charge on any atom is -0.748 e. The number of ether oxygens (including phenoxy) is 1. The molecule has 1 aromatic rings. The number of esters is 1. The Balaban J connectivity index is 0.00000722. The van der Waals surface area contributed by atoms with E-state index in [1.54, 1.807) is 6.92 Å². The van der Waals surface area contributed by atoms with Crippen molar-refractivity contribution in [2.45, 2.75) is 26.8 Å². The molecule has 208 valence electrons. The third-order valence-corrected chi connectivity index (χ3v) is 5.97. The molecule has 1 unspecified atom stereocenters. The van der Waals surface area contributed by atoms with Crippen molar-refractivity contribution in [1.82, 2.24) is 14.8 Å². The van der Waals surface area contributed by atoms with Crippen molar-refractivity contribution < 1.29 is 114 Å². The summed E-state index contributed by atoms with van der Waals surface area (Å²) in [4.78, 5) is 47.1. The number of hydrogen-bond donors (Lipinski definition) is 1. The summed E-state index contributed by atoms with van der Waals surface area (Å²) >= 11 is 0. The maximum absolute atomic E-state index is 12.7. The number of hydrogen-bond acceptors (Lipinski definition) is 14. The Hall–Kier alpha value is -1.10. The molecule has 0 bridgehead atoms. The van der Waals surface area contributed by atoms with Crippen molar-refractivity contribution >= 4 is 44.1 Å². The van der Waals surface area contributed by atoms with E-state index in [1.165, 1.54) is 13.0 Å². The van der Waals surface area contributed by atoms with Gasteiger partial charge in [-0.25, -0.2) is 26.6 Å². The predicted octanol–water partition coefficient (Wildman–Crippen LogP) is -7.47. The minimum absolute atomic E-state index is 0. The topological polar surface area (TPSA) is 239 Å². The molecule has 0 aliphatic carbocycles. The van der Waals surface area contributed by atoms with Gasteiger partial charge in [0.15, 0.2) is 5.69 Å². The van der Waals surface area contributed by atoms with Crippen LogP contribution in [-0.2, 0) is 51.1 Å². The number of aryl methyl sites for hydroxylation is 1. The minimum atomic E-state index is -4.65. The first kappa shape index (κ1) is 37.9. The molecule has 1 N–H and O–H groups in total. The molecular weight excluding hydrogens is 590 g/mol. The van der Waals surface area contributed by atoms with Crippen LogP contribution in [-0.4, -0.2) is 89.8 Å². The molecule has 0 aromatic carbocycles. The van der Waals surface area contributed by atoms with E-state index >= 15 is 0 Å². The Morgan fingerprint density at radius 1 is 1.05 bits per heavy atom. The van der Waals surface area contributed by atoms with E-state index in [0.29, 0.717) is 5.01 Å². The summed E-state index contributed by atoms with van der Waals surface area (Å²) in [5, 5.41) is 11.4. The molecule has 0 saturated heterocycles. The van der Waals surface area contributed by atoms with Gasteiger partial charge in [0.2, 0.25) is 0 Å². The summed E-state index contributed by atoms with van der Waals surface area (Å²) in [6.07, 6.45) is 2.25. The Labute approximate surface area is 267 Å². The van der Waals surface area contributed by atoms with Crippen molar-refractivity contribution in [1.29, 1.82) is 0 Å². The second-order valence-corrected chi connectivity index (χ2v) is 10.3. The van der Waals surface area contributed by atoms with E-state index < -0.39 is 68.2 Å². The molecule has 1 atom stereocenters. The van der Waals surface area contributed by atoms with Gasteiger partial charge in [0, 0.05) is 0 Å². The molecule has 0 saturated carbocycles. The Morgan fingerprint density at radius 2 is 1.67 bits per heavy atom. The molecule has 2 heterocycles. The van der Waals surface area contributed by atoms with E-state index in [1.807, 2.05) is 0 Å². The van der Waals surface area contributed by atoms with Gasteiger partial charge in [-0.05, 0) is 25.3 Å². The van der Waals surface area contributed by atoms with Gasteiger partial charge in [-0.15, -0.1) is 5.10 Å². The number of amides is 1. The maximum Gasteiger partial charge on any atom is 1.00 e. The second-order valence-electron chi connectivity index (χ2n) is 7.25. The normalized spacial score (nSPS) is 15.6. The van der Waals surface area contributed by atoms with Gasteiger partial charge in [0.1, 0.15) is 5.92 Å². The van der Waals surface area contributed by atoms with Crippen LogP contribution < -0.4 is 64.7 Å². The van der Waals surface area contributed by atoms with Crippen LogP contribution in [0.5, 0.6) is 0 Å². The summed E-state index contributed by atoms with van der Waals surface area (Å²) in [5.74, 6) is -5.01. The first-order chi connectivity index (χ1) is 17.3. The molecule has 1 amide bonds. The molecule has 1 aromatic heterocycles. The van der Waals surface area contributed by atoms with Gasteiger partial charge in [-0.2, -0.15) is 4.89 Å². The second kappa shape index (κ2) is 17.0. The number of aromatic nitrogens is 2. The number of hydrazone groups is 1. The number of nitrogens with one attached hydrogen (secondary N) is 1. The zero-order valence-corrected chi connectivity index (χ0v) is 27.3. The van der Waals surface area contributed by atoms with Crippen LogP contribution in [0.4, 0.5) is 0 Å². The number of nitrogens with zero attached hydrogens (tertiary/aromatic N) is 3. The Morgan fingerprint density at radius 3 is 2.23 bits per heavy atom. The van der Waals surface area contributed by atoms with Crippen molar-refractivity contribution in [3.8, 4) is 0 Å². The van der Waals surface area contributed by atoms with Crippen LogP contribution in [0, 0.1) is 5.92 Å². The van der Waals surface area contributed by atoms with E-state index in [9.17, 15) is 40.3 Å². The Kier molecular flexibility index (Phi) is 16.5. The molecule has 39 heavy (non-hydrogen) atoms. The summed E-state index contributed by atoms with van der Waals surface area (Å²) in [5.41, 5.74) is -1.41. The fraction of sp³-hybridized carbons (Fsp3) is 0.556. The van der Waals surface area contributed by atoms with Crippen LogP contribution in [0.15, 0.2) is 16.0 Å². The zero-order chi connectivity index (χ0) is 27.8. The number of H-pyrrole nitrogens is 1. The molecule has 1 aliphatic rings. The molecule has 2 rings (SSSR count). The van der Waals surface area contributed by atoms with E-state index in [0.717, 1.165) is 10.8 Å². The van der Waals surface area contributed by atoms with Crippen molar-refractivity contribution in [3.05, 3.63) is 27.7 Å². The molecular formula is C18H24N4Na2O13S2. The largest absolute Gasteiger partial charge is 1.00 e. The summed E-state index contributed by atoms with van der Waals surface area (Å²) in [6.45, 7) is 2.04. The molecule has 21 heteroatoms. The average molecular weight is 615 g/mol. The molecule has 1 aliphatic heterocycles. The fourth-order valence-electron chi connectivity index (χ4n) is 2.96. The molecule has 0 radical (unpaired) electrons. The number of carbonyl (C=O) groups excluding carboxylic acids is 2. The Bertz CT molecular complexity index is 1320. The standard InChI is InChI=1S/C18H26N4O13S2.2Na/c1-3-32-18(25)14-12(16(23)21(19-14)8-10-36(26,27)28)6-5-7-13-15(34-35-33-4-2)20-22(17(13)24)9-11-37(29,30)31;;/h5-6,13,19H,3-4,7-11H2,1-2H3,(H,26,27,28)(H,29,30,31);;/q;2*+1/p-2. The van der Waals surface area contributed by atoms with E-state index in [4.69, 9.17) is 9.62 Å². The average Bonchev–Trinajstić information content (AvgIpc) is 3.27. The summed E-state index contributed by atoms with van der Waals surface area (Å²) in [6, 6.07) is 0. The van der Waals surface area contributed by atoms with Gasteiger partial charge >= 0.3 is 65.1 Å². The number of allylic oxidation sites excluding steroid dienone is 1. The smallest absolute Gasteiger partial charge is 0.748 e. The fourth-order valence-corrected chi connectivity index (χ4v) is 3.76. The van der Waals surface area contributed by atoms with Crippen molar-refractivity contribution in [2.75, 3.05) is 31.3 Å². The third kappa shape index (κ3) is 12.1. The van der Waals surface area contributed by atoms with Crippen LogP contribution in [0.2, 0.25) is 0 Å². The predicted molar refractivity (Wildman–Crippen MR) is 120 cm³/mol. The monoisotopic (exact) mass is 614 g/mol. The molecule has 0 spiro atoms. The van der Waals surface area contributed by atoms with E-state index in [-0.39, 0.29) is 95.9 Å². The van der Waals surface area contributed by atoms with Crippen LogP contribution in [0.1, 0.15) is 36.3 Å². The van der Waals surface area contributed by atoms with Crippen molar-refractivity contribution in [2.24, 2.45) is 11.0 Å². The summed E-state index contributed by atoms with van der Waals surface area (Å²) in [7, 11) is -9.30. The van der Waals surface area contributed by atoms with Crippen LogP contribution in [0.25, 0.3) is 6.08 Å². The van der Waals surface area contributed by atoms with Gasteiger partial charge < -0.3 is 13.8 Å². The quantitative estimate of drug-likeness (QED) is 0.0512. The maximum atomic E-state index is 12.7. The summed E-state index contributed by atoms with van der Waals surface area (Å²) < 4.78 is 71.2. The number of carbonyl (C=O) groups is 2. The zero-order valence-electron chi connectivity index (χ0n) is 21.6. The first-order valence-corrected chi connectivity index (χ1v) is 13.8. The third-order valence-electron chi connectivity index (χ3n) is 4.60. The first-order valence-electron chi connectivity index (χ1n) is 10.7.